The summed E-state index contributed by atoms with van der Waals surface area (Å²) >= 11 is -3.16. The standard InChI is InChI=1S/C20H24GeO3/c1-5-21(6-2,16(4)22)20(23)17-9-13-19(14-10-17)24-18-11-7-15(3)8-12-18/h7-14H,5-6H2,1-4H3. The van der Waals surface area contributed by atoms with Crippen molar-refractivity contribution in [1.29, 1.82) is 0 Å². The summed E-state index contributed by atoms with van der Waals surface area (Å²) in [5.41, 5.74) is 1.81. The van der Waals surface area contributed by atoms with Crippen LogP contribution in [0.1, 0.15) is 36.7 Å². The number of ether oxygens (including phenoxy) is 1. The molecular formula is C20H24GeO3. The fourth-order valence-electron chi connectivity index (χ4n) is 2.92. The van der Waals surface area contributed by atoms with E-state index in [1.165, 1.54) is 5.56 Å². The summed E-state index contributed by atoms with van der Waals surface area (Å²) in [6, 6.07) is 15.0. The van der Waals surface area contributed by atoms with Crippen LogP contribution in [0.3, 0.4) is 0 Å². The SMILES string of the molecule is C[CH2][Ge]([CH2]C)([C](C)=O)[C](=O)c1ccc(Oc2ccc(C)cc2)cc1. The molecule has 126 valence electrons. The second-order valence-electron chi connectivity index (χ2n) is 6.11. The van der Waals surface area contributed by atoms with E-state index >= 15 is 0 Å². The van der Waals surface area contributed by atoms with Gasteiger partial charge in [-0.3, -0.25) is 0 Å². The molecule has 0 amide bonds. The van der Waals surface area contributed by atoms with Crippen LogP contribution in [0.2, 0.25) is 10.5 Å². The van der Waals surface area contributed by atoms with Crippen molar-refractivity contribution in [3.63, 3.8) is 0 Å². The Morgan fingerprint density at radius 1 is 0.875 bits per heavy atom. The number of rotatable bonds is 7. The van der Waals surface area contributed by atoms with Gasteiger partial charge in [0.15, 0.2) is 0 Å². The van der Waals surface area contributed by atoms with Crippen LogP contribution >= 0.6 is 0 Å². The van der Waals surface area contributed by atoms with Crippen LogP contribution in [0.25, 0.3) is 0 Å². The average Bonchev–Trinajstić information content (AvgIpc) is 2.59. The van der Waals surface area contributed by atoms with Crippen molar-refractivity contribution >= 4 is 22.5 Å². The molecule has 2 aromatic rings. The molecule has 3 nitrogen and oxygen atoms in total. The summed E-state index contributed by atoms with van der Waals surface area (Å²) < 4.78 is 5.98. The molecule has 0 aliphatic rings. The fraction of sp³-hybridized carbons (Fsp3) is 0.300. The van der Waals surface area contributed by atoms with E-state index in [0.29, 0.717) is 21.8 Å². The summed E-state index contributed by atoms with van der Waals surface area (Å²) in [6.07, 6.45) is 0. The zero-order chi connectivity index (χ0) is 17.7. The Balaban J connectivity index is 2.20. The van der Waals surface area contributed by atoms with Gasteiger partial charge in [0.05, 0.1) is 0 Å². The van der Waals surface area contributed by atoms with Crippen LogP contribution in [0.15, 0.2) is 48.5 Å². The zero-order valence-corrected chi connectivity index (χ0v) is 16.9. The van der Waals surface area contributed by atoms with Crippen molar-refractivity contribution < 1.29 is 14.3 Å². The second-order valence-corrected chi connectivity index (χ2v) is 16.1. The van der Waals surface area contributed by atoms with E-state index in [0.717, 1.165) is 5.75 Å². The molecule has 0 atom stereocenters. The normalized spacial score (nSPS) is 11.2. The molecule has 0 aliphatic heterocycles. The van der Waals surface area contributed by atoms with Crippen molar-refractivity contribution in [1.82, 2.24) is 0 Å². The van der Waals surface area contributed by atoms with Gasteiger partial charge in [-0.15, -0.1) is 0 Å². The quantitative estimate of drug-likeness (QED) is 0.621. The molecule has 0 radical (unpaired) electrons. The third-order valence-electron chi connectivity index (χ3n) is 4.69. The molecular weight excluding hydrogens is 361 g/mol. The number of aryl methyl sites for hydroxylation is 1. The first-order valence-corrected chi connectivity index (χ1v) is 13.4. The Bertz CT molecular complexity index is 714. The van der Waals surface area contributed by atoms with Gasteiger partial charge in [-0.05, 0) is 0 Å². The maximum absolute atomic E-state index is 12.9. The van der Waals surface area contributed by atoms with E-state index in [1.807, 2.05) is 45.0 Å². The Morgan fingerprint density at radius 2 is 1.33 bits per heavy atom. The summed E-state index contributed by atoms with van der Waals surface area (Å²) in [6.45, 7) is 7.55. The zero-order valence-electron chi connectivity index (χ0n) is 14.8. The van der Waals surface area contributed by atoms with E-state index in [4.69, 9.17) is 4.74 Å². The molecule has 4 heteroatoms. The molecule has 0 saturated carbocycles. The predicted octanol–water partition coefficient (Wildman–Crippen LogP) is 5.13. The van der Waals surface area contributed by atoms with Gasteiger partial charge in [0, 0.05) is 0 Å². The van der Waals surface area contributed by atoms with Crippen molar-refractivity contribution in [2.45, 2.75) is 38.2 Å². The number of carbonyl (C=O) groups excluding carboxylic acids is 2. The van der Waals surface area contributed by atoms with Crippen molar-refractivity contribution in [2.75, 3.05) is 0 Å². The summed E-state index contributed by atoms with van der Waals surface area (Å²) in [5, 5.41) is 1.40. The minimum absolute atomic E-state index is 0.0781. The molecule has 2 rings (SSSR count). The van der Waals surface area contributed by atoms with Gasteiger partial charge in [-0.25, -0.2) is 0 Å². The van der Waals surface area contributed by atoms with Crippen LogP contribution in [-0.2, 0) is 4.79 Å². The van der Waals surface area contributed by atoms with Gasteiger partial charge in [-0.2, -0.15) is 0 Å². The molecule has 0 unspecified atom stereocenters. The van der Waals surface area contributed by atoms with Gasteiger partial charge in [-0.1, -0.05) is 0 Å². The molecule has 2 aromatic carbocycles. The molecule has 0 aromatic heterocycles. The summed E-state index contributed by atoms with van der Waals surface area (Å²) in [4.78, 5) is 25.0. The third kappa shape index (κ3) is 3.78. The molecule has 0 heterocycles. The van der Waals surface area contributed by atoms with E-state index in [2.05, 4.69) is 0 Å². The predicted molar refractivity (Wildman–Crippen MR) is 99.4 cm³/mol. The third-order valence-corrected chi connectivity index (χ3v) is 15.0. The van der Waals surface area contributed by atoms with Crippen LogP contribution < -0.4 is 4.74 Å². The number of hydrogen-bond donors (Lipinski definition) is 0. The van der Waals surface area contributed by atoms with E-state index in [-0.39, 0.29) is 9.23 Å². The Morgan fingerprint density at radius 3 is 1.75 bits per heavy atom. The number of benzene rings is 2. The van der Waals surface area contributed by atoms with Gasteiger partial charge < -0.3 is 0 Å². The average molecular weight is 385 g/mol. The first-order chi connectivity index (χ1) is 11.4. The van der Waals surface area contributed by atoms with Gasteiger partial charge in [0.25, 0.3) is 0 Å². The second kappa shape index (κ2) is 7.80. The Labute approximate surface area is 146 Å². The molecule has 24 heavy (non-hydrogen) atoms. The van der Waals surface area contributed by atoms with Crippen LogP contribution in [0, 0.1) is 6.92 Å². The topological polar surface area (TPSA) is 43.4 Å². The Kier molecular flexibility index (Phi) is 6.00. The molecule has 0 bridgehead atoms. The molecule has 0 N–H and O–H groups in total. The van der Waals surface area contributed by atoms with Crippen molar-refractivity contribution in [2.24, 2.45) is 0 Å². The van der Waals surface area contributed by atoms with Gasteiger partial charge >= 0.3 is 146 Å². The van der Waals surface area contributed by atoms with E-state index < -0.39 is 13.3 Å². The van der Waals surface area contributed by atoms with E-state index in [1.54, 1.807) is 31.2 Å². The summed E-state index contributed by atoms with van der Waals surface area (Å²) in [5.74, 6) is 1.45. The van der Waals surface area contributed by atoms with Crippen LogP contribution in [0.5, 0.6) is 11.5 Å². The van der Waals surface area contributed by atoms with Crippen molar-refractivity contribution in [3.8, 4) is 11.5 Å². The van der Waals surface area contributed by atoms with Crippen molar-refractivity contribution in [3.05, 3.63) is 59.7 Å². The molecule has 0 fully saturated rings. The van der Waals surface area contributed by atoms with Gasteiger partial charge in [0.1, 0.15) is 0 Å². The van der Waals surface area contributed by atoms with Gasteiger partial charge in [0.2, 0.25) is 0 Å². The fourth-order valence-corrected chi connectivity index (χ4v) is 9.59. The number of hydrogen-bond acceptors (Lipinski definition) is 3. The first-order valence-electron chi connectivity index (χ1n) is 8.33. The van der Waals surface area contributed by atoms with E-state index in [9.17, 15) is 9.59 Å². The Hall–Kier alpha value is -1.88. The molecule has 0 spiro atoms. The summed E-state index contributed by atoms with van der Waals surface area (Å²) in [7, 11) is 0. The molecule has 0 aliphatic carbocycles. The van der Waals surface area contributed by atoms with Crippen LogP contribution in [0.4, 0.5) is 0 Å². The monoisotopic (exact) mass is 386 g/mol. The minimum atomic E-state index is -3.16. The molecule has 0 saturated heterocycles. The maximum atomic E-state index is 12.9. The first kappa shape index (κ1) is 18.5. The van der Waals surface area contributed by atoms with Crippen LogP contribution in [-0.4, -0.2) is 22.5 Å². The number of carbonyl (C=O) groups is 2.